The minimum absolute atomic E-state index is 0.0668. The second-order valence-corrected chi connectivity index (χ2v) is 6.94. The quantitative estimate of drug-likeness (QED) is 0.441. The van der Waals surface area contributed by atoms with Crippen molar-refractivity contribution in [2.75, 3.05) is 20.7 Å². The molecule has 0 radical (unpaired) electrons. The van der Waals surface area contributed by atoms with Crippen LogP contribution in [0.1, 0.15) is 25.5 Å². The molecule has 1 aromatic heterocycles. The van der Waals surface area contributed by atoms with Crippen LogP contribution in [0.2, 0.25) is 0 Å². The summed E-state index contributed by atoms with van der Waals surface area (Å²) < 4.78 is 13.2. The Kier molecular flexibility index (Phi) is 7.32. The van der Waals surface area contributed by atoms with Crippen LogP contribution < -0.4 is 20.1 Å². The molecule has 3 aromatic rings. The third-order valence-electron chi connectivity index (χ3n) is 4.67. The molecule has 158 valence electrons. The van der Waals surface area contributed by atoms with Gasteiger partial charge in [0.05, 0.1) is 25.4 Å². The predicted octanol–water partition coefficient (Wildman–Crippen LogP) is 3.57. The first kappa shape index (κ1) is 21.2. The van der Waals surface area contributed by atoms with Gasteiger partial charge >= 0.3 is 0 Å². The van der Waals surface area contributed by atoms with Gasteiger partial charge in [-0.2, -0.15) is 5.10 Å². The Hall–Kier alpha value is -3.48. The number of guanidine groups is 1. The zero-order valence-electron chi connectivity index (χ0n) is 17.9. The number of nitrogens with one attached hydrogen (secondary N) is 2. The molecule has 0 saturated carbocycles. The molecule has 2 unspecified atom stereocenters. The minimum atomic E-state index is -0.0710. The molecule has 0 fully saturated rings. The van der Waals surface area contributed by atoms with Gasteiger partial charge in [-0.1, -0.05) is 24.3 Å². The maximum atomic E-state index is 6.00. The number of methoxy groups -OCH3 is 1. The number of rotatable bonds is 8. The van der Waals surface area contributed by atoms with E-state index in [9.17, 15) is 0 Å². The normalized spacial score (nSPS) is 13.4. The number of nitrogens with zero attached hydrogens (tertiary/aromatic N) is 3. The molecule has 3 rings (SSSR count). The fourth-order valence-corrected chi connectivity index (χ4v) is 3.06. The predicted molar refractivity (Wildman–Crippen MR) is 120 cm³/mol. The molecule has 0 aliphatic heterocycles. The highest BCUT2D eigenvalue weighted by Crippen LogP contribution is 2.26. The fourth-order valence-electron chi connectivity index (χ4n) is 3.06. The van der Waals surface area contributed by atoms with E-state index in [0.717, 1.165) is 22.7 Å². The molecule has 2 aromatic carbocycles. The third-order valence-corrected chi connectivity index (χ3v) is 4.67. The van der Waals surface area contributed by atoms with Crippen molar-refractivity contribution in [1.82, 2.24) is 20.4 Å². The molecular weight excluding hydrogens is 378 g/mol. The summed E-state index contributed by atoms with van der Waals surface area (Å²) in [6, 6.07) is 17.9. The molecule has 0 aliphatic rings. The zero-order valence-corrected chi connectivity index (χ0v) is 17.9. The maximum absolute atomic E-state index is 6.00. The first-order valence-electron chi connectivity index (χ1n) is 9.97. The third kappa shape index (κ3) is 5.53. The van der Waals surface area contributed by atoms with Crippen LogP contribution in [0.5, 0.6) is 11.5 Å². The number of benzene rings is 2. The smallest absolute Gasteiger partial charge is 0.191 e. The van der Waals surface area contributed by atoms with Gasteiger partial charge in [0.25, 0.3) is 0 Å². The molecule has 0 amide bonds. The molecular formula is C23H29N5O2. The van der Waals surface area contributed by atoms with Crippen LogP contribution in [-0.2, 0) is 0 Å². The van der Waals surface area contributed by atoms with E-state index in [1.54, 1.807) is 20.4 Å². The number of hydrogen-bond acceptors (Lipinski definition) is 4. The van der Waals surface area contributed by atoms with Crippen molar-refractivity contribution in [2.24, 2.45) is 4.99 Å². The fraction of sp³-hybridized carbons (Fsp3) is 0.304. The number of ether oxygens (including phenoxy) is 2. The van der Waals surface area contributed by atoms with Gasteiger partial charge in [-0.05, 0) is 49.7 Å². The van der Waals surface area contributed by atoms with E-state index in [1.165, 1.54) is 0 Å². The summed E-state index contributed by atoms with van der Waals surface area (Å²) >= 11 is 0. The van der Waals surface area contributed by atoms with E-state index in [2.05, 4.69) is 39.8 Å². The SMILES string of the molecule is CN=C(NCC(C)Oc1ccccc1OC)NC(C)c1cccc(-n2cccn2)c1. The monoisotopic (exact) mass is 407 g/mol. The topological polar surface area (TPSA) is 72.7 Å². The van der Waals surface area contributed by atoms with Crippen LogP contribution in [0, 0.1) is 0 Å². The van der Waals surface area contributed by atoms with E-state index in [1.807, 2.05) is 60.3 Å². The molecule has 2 atom stereocenters. The lowest BCUT2D eigenvalue weighted by molar-refractivity contribution is 0.213. The first-order chi connectivity index (χ1) is 14.6. The van der Waals surface area contributed by atoms with Gasteiger partial charge in [0.2, 0.25) is 0 Å². The van der Waals surface area contributed by atoms with E-state index in [0.29, 0.717) is 12.5 Å². The number of aliphatic imine (C=N–C) groups is 1. The molecule has 7 heteroatoms. The largest absolute Gasteiger partial charge is 0.493 e. The summed E-state index contributed by atoms with van der Waals surface area (Å²) in [6.45, 7) is 4.70. The number of para-hydroxylation sites is 2. The molecule has 0 aliphatic carbocycles. The Labute approximate surface area is 177 Å². The Balaban J connectivity index is 1.56. The van der Waals surface area contributed by atoms with Gasteiger partial charge in [0, 0.05) is 19.4 Å². The minimum Gasteiger partial charge on any atom is -0.493 e. The van der Waals surface area contributed by atoms with Crippen LogP contribution in [0.3, 0.4) is 0 Å². The highest BCUT2D eigenvalue weighted by molar-refractivity contribution is 5.80. The Morgan fingerprint density at radius 2 is 1.90 bits per heavy atom. The maximum Gasteiger partial charge on any atom is 0.191 e. The number of hydrogen-bond donors (Lipinski definition) is 2. The molecule has 0 spiro atoms. The summed E-state index contributed by atoms with van der Waals surface area (Å²) in [5.74, 6) is 2.15. The Bertz CT molecular complexity index is 956. The lowest BCUT2D eigenvalue weighted by Gasteiger charge is -2.21. The van der Waals surface area contributed by atoms with Crippen molar-refractivity contribution < 1.29 is 9.47 Å². The summed E-state index contributed by atoms with van der Waals surface area (Å²) in [6.07, 6.45) is 3.63. The van der Waals surface area contributed by atoms with E-state index < -0.39 is 0 Å². The lowest BCUT2D eigenvalue weighted by atomic mass is 10.1. The summed E-state index contributed by atoms with van der Waals surface area (Å²) in [7, 11) is 3.40. The molecule has 1 heterocycles. The van der Waals surface area contributed by atoms with Gasteiger partial charge in [0.1, 0.15) is 6.10 Å². The van der Waals surface area contributed by atoms with E-state index in [-0.39, 0.29) is 12.1 Å². The molecule has 2 N–H and O–H groups in total. The van der Waals surface area contributed by atoms with E-state index >= 15 is 0 Å². The van der Waals surface area contributed by atoms with Gasteiger partial charge in [-0.25, -0.2) is 4.68 Å². The van der Waals surface area contributed by atoms with Crippen LogP contribution in [0.15, 0.2) is 72.0 Å². The summed E-state index contributed by atoms with van der Waals surface area (Å²) in [5, 5.41) is 11.0. The van der Waals surface area contributed by atoms with Gasteiger partial charge in [-0.3, -0.25) is 4.99 Å². The average molecular weight is 408 g/mol. The van der Waals surface area contributed by atoms with Crippen LogP contribution in [-0.4, -0.2) is 42.5 Å². The Morgan fingerprint density at radius 3 is 2.60 bits per heavy atom. The van der Waals surface area contributed by atoms with Crippen molar-refractivity contribution in [3.05, 3.63) is 72.6 Å². The highest BCUT2D eigenvalue weighted by atomic mass is 16.5. The molecule has 0 saturated heterocycles. The first-order valence-corrected chi connectivity index (χ1v) is 9.97. The van der Waals surface area contributed by atoms with Crippen LogP contribution >= 0.6 is 0 Å². The second-order valence-electron chi connectivity index (χ2n) is 6.94. The Morgan fingerprint density at radius 1 is 1.10 bits per heavy atom. The average Bonchev–Trinajstić information content (AvgIpc) is 3.32. The molecule has 0 bridgehead atoms. The van der Waals surface area contributed by atoms with Crippen molar-refractivity contribution in [3.8, 4) is 17.2 Å². The highest BCUT2D eigenvalue weighted by Gasteiger charge is 2.12. The van der Waals surface area contributed by atoms with Gasteiger partial charge in [-0.15, -0.1) is 0 Å². The van der Waals surface area contributed by atoms with Crippen molar-refractivity contribution >= 4 is 5.96 Å². The van der Waals surface area contributed by atoms with Crippen molar-refractivity contribution in [3.63, 3.8) is 0 Å². The van der Waals surface area contributed by atoms with Gasteiger partial charge in [0.15, 0.2) is 17.5 Å². The number of aromatic nitrogens is 2. The van der Waals surface area contributed by atoms with Crippen LogP contribution in [0.4, 0.5) is 0 Å². The van der Waals surface area contributed by atoms with Crippen LogP contribution in [0.25, 0.3) is 5.69 Å². The molecule has 30 heavy (non-hydrogen) atoms. The lowest BCUT2D eigenvalue weighted by Crippen LogP contribution is -2.42. The zero-order chi connectivity index (χ0) is 21.3. The van der Waals surface area contributed by atoms with E-state index in [4.69, 9.17) is 9.47 Å². The summed E-state index contributed by atoms with van der Waals surface area (Å²) in [5.41, 5.74) is 2.16. The molecule has 7 nitrogen and oxygen atoms in total. The standard InChI is InChI=1S/C23H29N5O2/c1-17(30-22-12-6-5-11-21(22)29-4)16-25-23(24-3)27-18(2)19-9-7-10-20(15-19)28-14-8-13-26-28/h5-15,17-18H,16H2,1-4H3,(H2,24,25,27). The van der Waals surface area contributed by atoms with Crippen molar-refractivity contribution in [1.29, 1.82) is 0 Å². The van der Waals surface area contributed by atoms with Crippen molar-refractivity contribution in [2.45, 2.75) is 26.0 Å². The second kappa shape index (κ2) is 10.3. The summed E-state index contributed by atoms with van der Waals surface area (Å²) in [4.78, 5) is 4.34. The van der Waals surface area contributed by atoms with Gasteiger partial charge < -0.3 is 20.1 Å².